The SMILES string of the molecule is Cc1cccc(/C=C2\SC(=S)N(Cc3ccccc3)C2=O)c1. The second-order valence-corrected chi connectivity index (χ2v) is 6.84. The molecule has 4 heteroatoms. The van der Waals surface area contributed by atoms with Gasteiger partial charge in [-0.05, 0) is 24.1 Å². The van der Waals surface area contributed by atoms with Crippen molar-refractivity contribution < 1.29 is 4.79 Å². The number of hydrogen-bond donors (Lipinski definition) is 0. The van der Waals surface area contributed by atoms with Crippen LogP contribution in [0, 0.1) is 6.92 Å². The first-order chi connectivity index (χ1) is 10.6. The number of thioether (sulfide) groups is 1. The van der Waals surface area contributed by atoms with Crippen LogP contribution in [0.3, 0.4) is 0 Å². The Labute approximate surface area is 139 Å². The molecule has 0 bridgehead atoms. The molecule has 1 amide bonds. The first-order valence-electron chi connectivity index (χ1n) is 6.99. The normalized spacial score (nSPS) is 16.6. The van der Waals surface area contributed by atoms with E-state index in [-0.39, 0.29) is 5.91 Å². The third kappa shape index (κ3) is 3.29. The van der Waals surface area contributed by atoms with Crippen molar-refractivity contribution in [2.24, 2.45) is 0 Å². The van der Waals surface area contributed by atoms with Gasteiger partial charge < -0.3 is 0 Å². The van der Waals surface area contributed by atoms with Gasteiger partial charge in [0.15, 0.2) is 0 Å². The largest absolute Gasteiger partial charge is 0.288 e. The van der Waals surface area contributed by atoms with E-state index in [1.165, 1.54) is 17.3 Å². The quantitative estimate of drug-likeness (QED) is 0.616. The molecule has 0 radical (unpaired) electrons. The highest BCUT2D eigenvalue weighted by atomic mass is 32.2. The molecule has 1 aliphatic heterocycles. The monoisotopic (exact) mass is 325 g/mol. The van der Waals surface area contributed by atoms with Gasteiger partial charge in [-0.15, -0.1) is 0 Å². The van der Waals surface area contributed by atoms with Gasteiger partial charge in [0.25, 0.3) is 5.91 Å². The van der Waals surface area contributed by atoms with Crippen molar-refractivity contribution >= 4 is 40.3 Å². The van der Waals surface area contributed by atoms with Crippen molar-refractivity contribution in [3.63, 3.8) is 0 Å². The van der Waals surface area contributed by atoms with E-state index < -0.39 is 0 Å². The minimum Gasteiger partial charge on any atom is -0.288 e. The number of nitrogens with zero attached hydrogens (tertiary/aromatic N) is 1. The lowest BCUT2D eigenvalue weighted by molar-refractivity contribution is -0.122. The van der Waals surface area contributed by atoms with E-state index in [1.807, 2.05) is 61.5 Å². The smallest absolute Gasteiger partial charge is 0.266 e. The molecule has 3 rings (SSSR count). The summed E-state index contributed by atoms with van der Waals surface area (Å²) in [6, 6.07) is 18.0. The third-order valence-electron chi connectivity index (χ3n) is 3.40. The van der Waals surface area contributed by atoms with Crippen molar-refractivity contribution in [2.75, 3.05) is 0 Å². The van der Waals surface area contributed by atoms with Gasteiger partial charge in [-0.1, -0.05) is 84.1 Å². The summed E-state index contributed by atoms with van der Waals surface area (Å²) < 4.78 is 0.618. The molecular formula is C18H15NOS2. The lowest BCUT2D eigenvalue weighted by Gasteiger charge is -2.14. The molecule has 2 aromatic rings. The lowest BCUT2D eigenvalue weighted by atomic mass is 10.1. The van der Waals surface area contributed by atoms with Crippen molar-refractivity contribution in [2.45, 2.75) is 13.5 Å². The summed E-state index contributed by atoms with van der Waals surface area (Å²) >= 11 is 6.73. The van der Waals surface area contributed by atoms with Crippen molar-refractivity contribution in [1.29, 1.82) is 0 Å². The molecule has 1 fully saturated rings. The molecule has 1 aliphatic rings. The Morgan fingerprint density at radius 2 is 1.91 bits per heavy atom. The van der Waals surface area contributed by atoms with Crippen LogP contribution in [-0.2, 0) is 11.3 Å². The average molecular weight is 325 g/mol. The van der Waals surface area contributed by atoms with E-state index in [2.05, 4.69) is 6.07 Å². The summed E-state index contributed by atoms with van der Waals surface area (Å²) in [6.45, 7) is 2.56. The zero-order valence-electron chi connectivity index (χ0n) is 12.2. The molecule has 1 heterocycles. The zero-order chi connectivity index (χ0) is 15.5. The van der Waals surface area contributed by atoms with Crippen LogP contribution in [0.15, 0.2) is 59.5 Å². The summed E-state index contributed by atoms with van der Waals surface area (Å²) in [5.74, 6) is -0.0136. The maximum absolute atomic E-state index is 12.6. The fourth-order valence-corrected chi connectivity index (χ4v) is 3.57. The van der Waals surface area contributed by atoms with Crippen LogP contribution in [0.5, 0.6) is 0 Å². The summed E-state index contributed by atoms with van der Waals surface area (Å²) in [6.07, 6.45) is 1.91. The van der Waals surface area contributed by atoms with Gasteiger partial charge in [-0.3, -0.25) is 9.69 Å². The minimum absolute atomic E-state index is 0.0136. The summed E-state index contributed by atoms with van der Waals surface area (Å²) in [5.41, 5.74) is 3.28. The van der Waals surface area contributed by atoms with Gasteiger partial charge in [-0.25, -0.2) is 0 Å². The van der Waals surface area contributed by atoms with Crippen LogP contribution in [0.1, 0.15) is 16.7 Å². The van der Waals surface area contributed by atoms with Gasteiger partial charge in [0.2, 0.25) is 0 Å². The molecule has 0 saturated carbocycles. The number of hydrogen-bond acceptors (Lipinski definition) is 3. The highest BCUT2D eigenvalue weighted by Gasteiger charge is 2.31. The van der Waals surface area contributed by atoms with Gasteiger partial charge in [0, 0.05) is 0 Å². The second-order valence-electron chi connectivity index (χ2n) is 5.17. The van der Waals surface area contributed by atoms with E-state index in [0.29, 0.717) is 15.8 Å². The van der Waals surface area contributed by atoms with Crippen LogP contribution >= 0.6 is 24.0 Å². The van der Waals surface area contributed by atoms with Crippen LogP contribution in [-0.4, -0.2) is 15.1 Å². The summed E-state index contributed by atoms with van der Waals surface area (Å²) in [4.78, 5) is 14.9. The molecule has 22 heavy (non-hydrogen) atoms. The average Bonchev–Trinajstić information content (AvgIpc) is 2.76. The fraction of sp³-hybridized carbons (Fsp3) is 0.111. The van der Waals surface area contributed by atoms with E-state index in [9.17, 15) is 4.79 Å². The molecule has 0 unspecified atom stereocenters. The Morgan fingerprint density at radius 1 is 1.14 bits per heavy atom. The molecule has 0 atom stereocenters. The molecular weight excluding hydrogens is 310 g/mol. The Morgan fingerprint density at radius 3 is 2.64 bits per heavy atom. The van der Waals surface area contributed by atoms with Crippen molar-refractivity contribution in [3.05, 3.63) is 76.2 Å². The molecule has 0 spiro atoms. The van der Waals surface area contributed by atoms with Crippen LogP contribution in [0.25, 0.3) is 6.08 Å². The Bertz CT molecular complexity index is 753. The van der Waals surface area contributed by atoms with Crippen LogP contribution in [0.4, 0.5) is 0 Å². The van der Waals surface area contributed by atoms with E-state index in [4.69, 9.17) is 12.2 Å². The number of carbonyl (C=O) groups is 1. The molecule has 0 aromatic heterocycles. The topological polar surface area (TPSA) is 20.3 Å². The number of carbonyl (C=O) groups excluding carboxylic acids is 1. The first kappa shape index (κ1) is 15.0. The lowest BCUT2D eigenvalue weighted by Crippen LogP contribution is -2.27. The standard InChI is InChI=1S/C18H15NOS2/c1-13-6-5-9-15(10-13)11-16-17(20)19(18(21)22-16)12-14-7-3-2-4-8-14/h2-11H,12H2,1H3/b16-11-. The molecule has 2 nitrogen and oxygen atoms in total. The van der Waals surface area contributed by atoms with Gasteiger partial charge >= 0.3 is 0 Å². The highest BCUT2D eigenvalue weighted by molar-refractivity contribution is 8.26. The van der Waals surface area contributed by atoms with Crippen LogP contribution < -0.4 is 0 Å². The Hall–Kier alpha value is -1.91. The van der Waals surface area contributed by atoms with Crippen molar-refractivity contribution in [1.82, 2.24) is 4.90 Å². The van der Waals surface area contributed by atoms with Gasteiger partial charge in [-0.2, -0.15) is 0 Å². The summed E-state index contributed by atoms with van der Waals surface area (Å²) in [7, 11) is 0. The maximum atomic E-state index is 12.6. The maximum Gasteiger partial charge on any atom is 0.266 e. The summed E-state index contributed by atoms with van der Waals surface area (Å²) in [5, 5.41) is 0. The molecule has 110 valence electrons. The molecule has 0 N–H and O–H groups in total. The predicted molar refractivity (Wildman–Crippen MR) is 96.3 cm³/mol. The minimum atomic E-state index is -0.0136. The molecule has 1 saturated heterocycles. The van der Waals surface area contributed by atoms with Crippen LogP contribution in [0.2, 0.25) is 0 Å². The Balaban J connectivity index is 1.82. The fourth-order valence-electron chi connectivity index (χ4n) is 2.31. The highest BCUT2D eigenvalue weighted by Crippen LogP contribution is 2.33. The number of benzene rings is 2. The first-order valence-corrected chi connectivity index (χ1v) is 8.22. The number of aryl methyl sites for hydroxylation is 1. The van der Waals surface area contributed by atoms with Gasteiger partial charge in [0.1, 0.15) is 4.32 Å². The van der Waals surface area contributed by atoms with E-state index >= 15 is 0 Å². The van der Waals surface area contributed by atoms with E-state index in [1.54, 1.807) is 4.90 Å². The molecule has 0 aliphatic carbocycles. The number of thiocarbonyl (C=S) groups is 1. The van der Waals surface area contributed by atoms with E-state index in [0.717, 1.165) is 11.1 Å². The Kier molecular flexibility index (Phi) is 4.41. The molecule has 2 aromatic carbocycles. The number of rotatable bonds is 3. The second kappa shape index (κ2) is 6.46. The van der Waals surface area contributed by atoms with Gasteiger partial charge in [0.05, 0.1) is 11.4 Å². The zero-order valence-corrected chi connectivity index (χ0v) is 13.8. The third-order valence-corrected chi connectivity index (χ3v) is 4.77. The van der Waals surface area contributed by atoms with Crippen molar-refractivity contribution in [3.8, 4) is 0 Å². The number of amides is 1. The predicted octanol–water partition coefficient (Wildman–Crippen LogP) is 4.40.